The molecule has 2 aromatic rings. The second kappa shape index (κ2) is 6.42. The first-order valence-electron chi connectivity index (χ1n) is 6.13. The Hall–Kier alpha value is -2.02. The molecule has 2 N–H and O–H groups in total. The molecule has 0 saturated carbocycles. The van der Waals surface area contributed by atoms with Gasteiger partial charge in [0.15, 0.2) is 0 Å². The van der Waals surface area contributed by atoms with Crippen LogP contribution in [0.25, 0.3) is 11.5 Å². The van der Waals surface area contributed by atoms with E-state index in [2.05, 4.69) is 10.2 Å². The molecular weight excluding hydrogens is 278 g/mol. The molecule has 106 valence electrons. The van der Waals surface area contributed by atoms with E-state index in [-0.39, 0.29) is 0 Å². The van der Waals surface area contributed by atoms with Crippen LogP contribution in [0.4, 0.5) is 0 Å². The molecule has 0 radical (unpaired) electrons. The van der Waals surface area contributed by atoms with E-state index in [1.807, 2.05) is 31.2 Å². The van der Waals surface area contributed by atoms with Crippen molar-refractivity contribution in [1.82, 2.24) is 10.2 Å². The number of nitrogens with zero attached hydrogens (tertiary/aromatic N) is 2. The number of hydrogen-bond acceptors (Lipinski definition) is 6. The SMILES string of the molecule is CCOc1ccc(-c2nnc(S[C@H](C)C(N)=O)o2)cc1. The van der Waals surface area contributed by atoms with Gasteiger partial charge in [-0.1, -0.05) is 11.8 Å². The fraction of sp³-hybridized carbons (Fsp3) is 0.308. The molecule has 0 aliphatic carbocycles. The zero-order valence-corrected chi connectivity index (χ0v) is 12.0. The van der Waals surface area contributed by atoms with Crippen LogP contribution in [0.3, 0.4) is 0 Å². The fourth-order valence-corrected chi connectivity index (χ4v) is 2.08. The average molecular weight is 293 g/mol. The van der Waals surface area contributed by atoms with Crippen molar-refractivity contribution < 1.29 is 13.9 Å². The molecule has 1 aromatic carbocycles. The van der Waals surface area contributed by atoms with Gasteiger partial charge in [0, 0.05) is 5.56 Å². The third kappa shape index (κ3) is 3.51. The molecule has 0 saturated heterocycles. The van der Waals surface area contributed by atoms with Gasteiger partial charge in [-0.3, -0.25) is 4.79 Å². The van der Waals surface area contributed by atoms with Crippen LogP contribution in [0.1, 0.15) is 13.8 Å². The standard InChI is InChI=1S/C13H15N3O3S/c1-3-18-10-6-4-9(5-7-10)12-15-16-13(19-12)20-8(2)11(14)17/h4-8H,3H2,1-2H3,(H2,14,17)/t8-/m1/s1. The predicted molar refractivity (Wildman–Crippen MR) is 75.4 cm³/mol. The third-order valence-electron chi connectivity index (χ3n) is 2.50. The van der Waals surface area contributed by atoms with Gasteiger partial charge in [0.25, 0.3) is 5.22 Å². The summed E-state index contributed by atoms with van der Waals surface area (Å²) in [7, 11) is 0. The van der Waals surface area contributed by atoms with Gasteiger partial charge in [-0.05, 0) is 38.1 Å². The van der Waals surface area contributed by atoms with E-state index in [4.69, 9.17) is 14.9 Å². The Balaban J connectivity index is 2.10. The second-order valence-corrected chi connectivity index (χ2v) is 5.29. The Morgan fingerprint density at radius 1 is 1.40 bits per heavy atom. The van der Waals surface area contributed by atoms with Crippen molar-refractivity contribution in [3.05, 3.63) is 24.3 Å². The van der Waals surface area contributed by atoms with Gasteiger partial charge in [0.1, 0.15) is 5.75 Å². The fourth-order valence-electron chi connectivity index (χ4n) is 1.44. The van der Waals surface area contributed by atoms with Crippen LogP contribution in [0.15, 0.2) is 33.9 Å². The zero-order chi connectivity index (χ0) is 14.5. The Bertz CT molecular complexity index is 583. The maximum atomic E-state index is 11.0. The Morgan fingerprint density at radius 3 is 2.70 bits per heavy atom. The van der Waals surface area contributed by atoms with Crippen LogP contribution < -0.4 is 10.5 Å². The summed E-state index contributed by atoms with van der Waals surface area (Å²) in [6.07, 6.45) is 0. The maximum Gasteiger partial charge on any atom is 0.277 e. The number of primary amides is 1. The molecule has 20 heavy (non-hydrogen) atoms. The van der Waals surface area contributed by atoms with Crippen molar-refractivity contribution in [3.63, 3.8) is 0 Å². The largest absolute Gasteiger partial charge is 0.494 e. The monoisotopic (exact) mass is 293 g/mol. The Kier molecular flexibility index (Phi) is 4.62. The summed E-state index contributed by atoms with van der Waals surface area (Å²) < 4.78 is 10.8. The lowest BCUT2D eigenvalue weighted by atomic mass is 10.2. The minimum Gasteiger partial charge on any atom is -0.494 e. The zero-order valence-electron chi connectivity index (χ0n) is 11.2. The molecule has 7 heteroatoms. The van der Waals surface area contributed by atoms with Gasteiger partial charge in [-0.25, -0.2) is 0 Å². The number of aromatic nitrogens is 2. The number of ether oxygens (including phenoxy) is 1. The Morgan fingerprint density at radius 2 is 2.10 bits per heavy atom. The number of rotatable bonds is 6. The van der Waals surface area contributed by atoms with Crippen molar-refractivity contribution in [1.29, 1.82) is 0 Å². The average Bonchev–Trinajstić information content (AvgIpc) is 2.88. The highest BCUT2D eigenvalue weighted by Crippen LogP contribution is 2.26. The van der Waals surface area contributed by atoms with Crippen LogP contribution in [0.5, 0.6) is 5.75 Å². The van der Waals surface area contributed by atoms with E-state index >= 15 is 0 Å². The van der Waals surface area contributed by atoms with E-state index < -0.39 is 11.2 Å². The number of amides is 1. The normalized spacial score (nSPS) is 12.1. The highest BCUT2D eigenvalue weighted by Gasteiger charge is 2.16. The summed E-state index contributed by atoms with van der Waals surface area (Å²) >= 11 is 1.14. The van der Waals surface area contributed by atoms with Crippen LogP contribution >= 0.6 is 11.8 Å². The second-order valence-electron chi connectivity index (χ2n) is 3.99. The van der Waals surface area contributed by atoms with E-state index in [1.54, 1.807) is 6.92 Å². The first kappa shape index (κ1) is 14.4. The van der Waals surface area contributed by atoms with Gasteiger partial charge in [-0.15, -0.1) is 10.2 Å². The van der Waals surface area contributed by atoms with Gasteiger partial charge >= 0.3 is 0 Å². The summed E-state index contributed by atoms with van der Waals surface area (Å²) in [6, 6.07) is 7.35. The minimum atomic E-state index is -0.421. The lowest BCUT2D eigenvalue weighted by Crippen LogP contribution is -2.22. The van der Waals surface area contributed by atoms with Crippen LogP contribution in [0.2, 0.25) is 0 Å². The number of benzene rings is 1. The van der Waals surface area contributed by atoms with Crippen LogP contribution in [-0.2, 0) is 4.79 Å². The van der Waals surface area contributed by atoms with Crippen LogP contribution in [-0.4, -0.2) is 28.0 Å². The molecule has 1 heterocycles. The molecule has 6 nitrogen and oxygen atoms in total. The van der Waals surface area contributed by atoms with E-state index in [1.165, 1.54) is 0 Å². The number of hydrogen-bond donors (Lipinski definition) is 1. The van der Waals surface area contributed by atoms with E-state index in [9.17, 15) is 4.79 Å². The van der Waals surface area contributed by atoms with Gasteiger partial charge < -0.3 is 14.9 Å². The molecule has 0 bridgehead atoms. The van der Waals surface area contributed by atoms with Crippen LogP contribution in [0, 0.1) is 0 Å². The first-order chi connectivity index (χ1) is 9.60. The van der Waals surface area contributed by atoms with Crippen molar-refractivity contribution in [2.45, 2.75) is 24.3 Å². The maximum absolute atomic E-state index is 11.0. The molecule has 0 aliphatic heterocycles. The van der Waals surface area contributed by atoms with Gasteiger partial charge in [0.05, 0.1) is 11.9 Å². The first-order valence-corrected chi connectivity index (χ1v) is 7.01. The smallest absolute Gasteiger partial charge is 0.277 e. The molecule has 0 unspecified atom stereocenters. The summed E-state index contributed by atoms with van der Waals surface area (Å²) in [5.74, 6) is 0.760. The summed E-state index contributed by atoms with van der Waals surface area (Å²) in [5, 5.41) is 7.73. The third-order valence-corrected chi connectivity index (χ3v) is 3.45. The van der Waals surface area contributed by atoms with Crippen molar-refractivity contribution >= 4 is 17.7 Å². The summed E-state index contributed by atoms with van der Waals surface area (Å²) in [4.78, 5) is 11.0. The minimum absolute atomic E-state index is 0.320. The molecule has 0 spiro atoms. The van der Waals surface area contributed by atoms with E-state index in [0.717, 1.165) is 23.1 Å². The predicted octanol–water partition coefficient (Wildman–Crippen LogP) is 2.10. The topological polar surface area (TPSA) is 91.2 Å². The van der Waals surface area contributed by atoms with Crippen molar-refractivity contribution in [2.75, 3.05) is 6.61 Å². The van der Waals surface area contributed by atoms with Crippen molar-refractivity contribution in [2.24, 2.45) is 5.73 Å². The van der Waals surface area contributed by atoms with Gasteiger partial charge in [0.2, 0.25) is 11.8 Å². The molecule has 1 amide bonds. The lowest BCUT2D eigenvalue weighted by Gasteiger charge is -2.02. The molecule has 1 atom stereocenters. The van der Waals surface area contributed by atoms with Gasteiger partial charge in [-0.2, -0.15) is 0 Å². The summed E-state index contributed by atoms with van der Waals surface area (Å²) in [6.45, 7) is 4.23. The van der Waals surface area contributed by atoms with Crippen molar-refractivity contribution in [3.8, 4) is 17.2 Å². The molecule has 2 rings (SSSR count). The highest BCUT2D eigenvalue weighted by molar-refractivity contribution is 8.00. The number of carbonyl (C=O) groups excluding carboxylic acids is 1. The molecular formula is C13H15N3O3S. The molecule has 1 aromatic heterocycles. The number of thioether (sulfide) groups is 1. The highest BCUT2D eigenvalue weighted by atomic mass is 32.2. The summed E-state index contributed by atoms with van der Waals surface area (Å²) in [5.41, 5.74) is 5.97. The number of nitrogens with two attached hydrogens (primary N) is 1. The lowest BCUT2D eigenvalue weighted by molar-refractivity contribution is -0.117. The van der Waals surface area contributed by atoms with E-state index in [0.29, 0.717) is 17.7 Å². The Labute approximate surface area is 120 Å². The number of carbonyl (C=O) groups is 1. The quantitative estimate of drug-likeness (QED) is 0.820. The molecule has 0 aliphatic rings. The molecule has 0 fully saturated rings.